The van der Waals surface area contributed by atoms with Gasteiger partial charge in [-0.1, -0.05) is 30.3 Å². The van der Waals surface area contributed by atoms with E-state index in [4.69, 9.17) is 0 Å². The zero-order chi connectivity index (χ0) is 12.5. The minimum atomic E-state index is 1.05. The van der Waals surface area contributed by atoms with E-state index in [0.29, 0.717) is 0 Å². The molecule has 90 valence electrons. The molecule has 0 unspecified atom stereocenters. The van der Waals surface area contributed by atoms with Crippen LogP contribution < -0.4 is 0 Å². The maximum Gasteiger partial charge on any atom is 0.124 e. The van der Waals surface area contributed by atoms with Gasteiger partial charge < -0.3 is 0 Å². The fourth-order valence-corrected chi connectivity index (χ4v) is 3.52. The minimum Gasteiger partial charge on any atom is -0.241 e. The van der Waals surface area contributed by atoms with Crippen molar-refractivity contribution in [1.82, 2.24) is 9.97 Å². The molecule has 2 aromatic heterocycles. The SMILES string of the molecule is Cc1nc(-c2sc(-c3ccccc3)nc2C)cs1. The molecule has 0 spiro atoms. The molecule has 0 saturated carbocycles. The molecule has 0 aliphatic rings. The summed E-state index contributed by atoms with van der Waals surface area (Å²) in [5, 5.41) is 4.26. The van der Waals surface area contributed by atoms with Crippen LogP contribution in [0.1, 0.15) is 10.7 Å². The molecule has 0 saturated heterocycles. The van der Waals surface area contributed by atoms with Crippen LogP contribution in [0.5, 0.6) is 0 Å². The number of rotatable bonds is 2. The number of benzene rings is 1. The molecule has 4 heteroatoms. The first kappa shape index (κ1) is 11.6. The summed E-state index contributed by atoms with van der Waals surface area (Å²) in [6.07, 6.45) is 0. The summed E-state index contributed by atoms with van der Waals surface area (Å²) in [7, 11) is 0. The van der Waals surface area contributed by atoms with Crippen LogP contribution in [0.4, 0.5) is 0 Å². The highest BCUT2D eigenvalue weighted by Gasteiger charge is 2.12. The van der Waals surface area contributed by atoms with Gasteiger partial charge in [-0.15, -0.1) is 22.7 Å². The van der Waals surface area contributed by atoms with Gasteiger partial charge in [0.1, 0.15) is 5.01 Å². The van der Waals surface area contributed by atoms with Gasteiger partial charge in [0, 0.05) is 10.9 Å². The van der Waals surface area contributed by atoms with Crippen LogP contribution in [0.3, 0.4) is 0 Å². The zero-order valence-electron chi connectivity index (χ0n) is 10.2. The Hall–Kier alpha value is -1.52. The molecule has 0 aliphatic carbocycles. The lowest BCUT2D eigenvalue weighted by Crippen LogP contribution is -1.78. The molecular formula is C14H12N2S2. The summed E-state index contributed by atoms with van der Waals surface area (Å²) >= 11 is 3.39. The van der Waals surface area contributed by atoms with Crippen molar-refractivity contribution >= 4 is 22.7 Å². The van der Waals surface area contributed by atoms with Crippen LogP contribution in [0, 0.1) is 13.8 Å². The first-order valence-electron chi connectivity index (χ1n) is 5.69. The maximum absolute atomic E-state index is 4.65. The van der Waals surface area contributed by atoms with Crippen molar-refractivity contribution in [3.8, 4) is 21.1 Å². The number of hydrogen-bond acceptors (Lipinski definition) is 4. The predicted molar refractivity (Wildman–Crippen MR) is 78.1 cm³/mol. The topological polar surface area (TPSA) is 25.8 Å². The molecule has 3 aromatic rings. The molecule has 0 fully saturated rings. The lowest BCUT2D eigenvalue weighted by atomic mass is 10.2. The smallest absolute Gasteiger partial charge is 0.124 e. The first-order valence-corrected chi connectivity index (χ1v) is 7.39. The summed E-state index contributed by atoms with van der Waals surface area (Å²) in [5.41, 5.74) is 3.28. The van der Waals surface area contributed by atoms with Gasteiger partial charge in [-0.05, 0) is 13.8 Å². The van der Waals surface area contributed by atoms with Crippen molar-refractivity contribution in [3.63, 3.8) is 0 Å². The van der Waals surface area contributed by atoms with E-state index >= 15 is 0 Å². The van der Waals surface area contributed by atoms with E-state index in [1.54, 1.807) is 22.7 Å². The van der Waals surface area contributed by atoms with E-state index < -0.39 is 0 Å². The van der Waals surface area contributed by atoms with E-state index in [9.17, 15) is 0 Å². The Morgan fingerprint density at radius 1 is 1.00 bits per heavy atom. The predicted octanol–water partition coefficient (Wildman–Crippen LogP) is 4.55. The molecule has 0 aliphatic heterocycles. The number of hydrogen-bond donors (Lipinski definition) is 0. The Balaban J connectivity index is 2.06. The van der Waals surface area contributed by atoms with Gasteiger partial charge in [-0.2, -0.15) is 0 Å². The fourth-order valence-electron chi connectivity index (χ4n) is 1.81. The Morgan fingerprint density at radius 2 is 1.78 bits per heavy atom. The summed E-state index contributed by atoms with van der Waals surface area (Å²) in [4.78, 5) is 10.4. The van der Waals surface area contributed by atoms with Crippen LogP contribution in [0.2, 0.25) is 0 Å². The zero-order valence-corrected chi connectivity index (χ0v) is 11.8. The van der Waals surface area contributed by atoms with Gasteiger partial charge in [0.25, 0.3) is 0 Å². The molecule has 0 N–H and O–H groups in total. The van der Waals surface area contributed by atoms with Gasteiger partial charge in [0.05, 0.1) is 21.3 Å². The Kier molecular flexibility index (Phi) is 2.97. The van der Waals surface area contributed by atoms with E-state index in [1.807, 2.05) is 32.0 Å². The van der Waals surface area contributed by atoms with Crippen LogP contribution in [0.25, 0.3) is 21.1 Å². The third-order valence-electron chi connectivity index (χ3n) is 2.67. The molecule has 0 bridgehead atoms. The Morgan fingerprint density at radius 3 is 2.44 bits per heavy atom. The summed E-state index contributed by atoms with van der Waals surface area (Å²) in [6, 6.07) is 10.3. The van der Waals surface area contributed by atoms with Crippen LogP contribution in [-0.2, 0) is 0 Å². The van der Waals surface area contributed by atoms with Gasteiger partial charge in [0.2, 0.25) is 0 Å². The second-order valence-electron chi connectivity index (χ2n) is 4.05. The molecule has 0 amide bonds. The first-order chi connectivity index (χ1) is 8.74. The summed E-state index contributed by atoms with van der Waals surface area (Å²) in [6.45, 7) is 4.08. The van der Waals surface area contributed by atoms with Crippen molar-refractivity contribution in [3.05, 3.63) is 46.4 Å². The Labute approximate surface area is 114 Å². The molecular weight excluding hydrogens is 260 g/mol. The molecule has 0 radical (unpaired) electrons. The highest BCUT2D eigenvalue weighted by molar-refractivity contribution is 7.19. The normalized spacial score (nSPS) is 10.8. The number of aryl methyl sites for hydroxylation is 2. The third kappa shape index (κ3) is 2.09. The molecule has 18 heavy (non-hydrogen) atoms. The second-order valence-corrected chi connectivity index (χ2v) is 6.11. The lowest BCUT2D eigenvalue weighted by Gasteiger charge is -1.92. The van der Waals surface area contributed by atoms with Gasteiger partial charge in [-0.25, -0.2) is 9.97 Å². The highest BCUT2D eigenvalue weighted by Crippen LogP contribution is 2.35. The summed E-state index contributed by atoms with van der Waals surface area (Å²) < 4.78 is 0. The molecule has 2 nitrogen and oxygen atoms in total. The van der Waals surface area contributed by atoms with Gasteiger partial charge >= 0.3 is 0 Å². The molecule has 2 heterocycles. The van der Waals surface area contributed by atoms with E-state index in [-0.39, 0.29) is 0 Å². The summed E-state index contributed by atoms with van der Waals surface area (Å²) in [5.74, 6) is 0. The largest absolute Gasteiger partial charge is 0.241 e. The van der Waals surface area contributed by atoms with E-state index in [0.717, 1.165) is 21.4 Å². The van der Waals surface area contributed by atoms with E-state index in [1.165, 1.54) is 10.4 Å². The highest BCUT2D eigenvalue weighted by atomic mass is 32.1. The van der Waals surface area contributed by atoms with E-state index in [2.05, 4.69) is 27.5 Å². The molecule has 3 rings (SSSR count). The van der Waals surface area contributed by atoms with Crippen molar-refractivity contribution in [2.24, 2.45) is 0 Å². The number of aromatic nitrogens is 2. The van der Waals surface area contributed by atoms with Gasteiger partial charge in [-0.3, -0.25) is 0 Å². The number of nitrogens with zero attached hydrogens (tertiary/aromatic N) is 2. The molecule has 1 aromatic carbocycles. The van der Waals surface area contributed by atoms with Gasteiger partial charge in [0.15, 0.2) is 0 Å². The monoisotopic (exact) mass is 272 g/mol. The standard InChI is InChI=1S/C14H12N2S2/c1-9-13(12-8-17-10(2)16-12)18-14(15-9)11-6-4-3-5-7-11/h3-8H,1-2H3. The van der Waals surface area contributed by atoms with Crippen molar-refractivity contribution in [2.45, 2.75) is 13.8 Å². The molecule has 0 atom stereocenters. The lowest BCUT2D eigenvalue weighted by molar-refractivity contribution is 1.24. The van der Waals surface area contributed by atoms with Crippen molar-refractivity contribution in [1.29, 1.82) is 0 Å². The van der Waals surface area contributed by atoms with Crippen molar-refractivity contribution < 1.29 is 0 Å². The van der Waals surface area contributed by atoms with Crippen LogP contribution in [-0.4, -0.2) is 9.97 Å². The van der Waals surface area contributed by atoms with Crippen LogP contribution >= 0.6 is 22.7 Å². The minimum absolute atomic E-state index is 1.05. The average molecular weight is 272 g/mol. The number of thiazole rings is 2. The fraction of sp³-hybridized carbons (Fsp3) is 0.143. The third-order valence-corrected chi connectivity index (χ3v) is 4.67. The maximum atomic E-state index is 4.65. The second kappa shape index (κ2) is 4.63. The van der Waals surface area contributed by atoms with Crippen molar-refractivity contribution in [2.75, 3.05) is 0 Å². The van der Waals surface area contributed by atoms with Crippen LogP contribution in [0.15, 0.2) is 35.7 Å². The Bertz CT molecular complexity index is 668. The average Bonchev–Trinajstić information content (AvgIpc) is 2.97. The quantitative estimate of drug-likeness (QED) is 0.684.